The Labute approximate surface area is 114 Å². The number of carboxylic acid groups (broad SMARTS) is 1. The highest BCUT2D eigenvalue weighted by Crippen LogP contribution is 2.02. The molecule has 19 heavy (non-hydrogen) atoms. The first-order chi connectivity index (χ1) is 9.07. The number of carboxylic acids is 1. The summed E-state index contributed by atoms with van der Waals surface area (Å²) in [5, 5.41) is 18.3. The molecule has 0 spiro atoms. The van der Waals surface area contributed by atoms with E-state index in [1.54, 1.807) is 0 Å². The Morgan fingerprint density at radius 3 is 2.05 bits per heavy atom. The van der Waals surface area contributed by atoms with Gasteiger partial charge in [0.2, 0.25) is 0 Å². The van der Waals surface area contributed by atoms with E-state index < -0.39 is 11.9 Å². The first-order valence-electron chi connectivity index (χ1n) is 6.62. The standard InChI is InChI=1S/C12H26N4O3/c1-10(17)8-11(12(18)19)9-16-7-6-15-5-4-14-3-2-13/h11,14-16H,2-9,13H2,1H3,(H,18,19). The molecule has 0 heterocycles. The molecule has 6 N–H and O–H groups in total. The molecule has 0 amide bonds. The Bertz CT molecular complexity index is 261. The average molecular weight is 274 g/mol. The van der Waals surface area contributed by atoms with Gasteiger partial charge in [0.1, 0.15) is 5.78 Å². The molecule has 7 nitrogen and oxygen atoms in total. The van der Waals surface area contributed by atoms with E-state index in [2.05, 4.69) is 16.0 Å². The fourth-order valence-electron chi connectivity index (χ4n) is 1.58. The van der Waals surface area contributed by atoms with Crippen LogP contribution in [0.3, 0.4) is 0 Å². The van der Waals surface area contributed by atoms with Gasteiger partial charge >= 0.3 is 5.97 Å². The first-order valence-corrected chi connectivity index (χ1v) is 6.62. The minimum Gasteiger partial charge on any atom is -0.481 e. The zero-order valence-electron chi connectivity index (χ0n) is 11.6. The SMILES string of the molecule is CC(=O)CC(CNCCNCCNCCN)C(=O)O. The second kappa shape index (κ2) is 12.0. The van der Waals surface area contributed by atoms with Crippen LogP contribution in [0.5, 0.6) is 0 Å². The van der Waals surface area contributed by atoms with Crippen LogP contribution >= 0.6 is 0 Å². The van der Waals surface area contributed by atoms with Gasteiger partial charge in [0.05, 0.1) is 5.92 Å². The van der Waals surface area contributed by atoms with E-state index in [1.165, 1.54) is 6.92 Å². The van der Waals surface area contributed by atoms with Gasteiger partial charge in [0.15, 0.2) is 0 Å². The fourth-order valence-corrected chi connectivity index (χ4v) is 1.58. The molecule has 0 aromatic carbocycles. The van der Waals surface area contributed by atoms with Gasteiger partial charge in [-0.15, -0.1) is 0 Å². The fraction of sp³-hybridized carbons (Fsp3) is 0.833. The number of nitrogens with two attached hydrogens (primary N) is 1. The van der Waals surface area contributed by atoms with Crippen molar-refractivity contribution in [2.75, 3.05) is 45.8 Å². The van der Waals surface area contributed by atoms with E-state index in [9.17, 15) is 9.59 Å². The van der Waals surface area contributed by atoms with Crippen molar-refractivity contribution in [2.45, 2.75) is 13.3 Å². The number of nitrogens with one attached hydrogen (secondary N) is 3. The van der Waals surface area contributed by atoms with E-state index in [1.807, 2.05) is 0 Å². The number of hydrogen-bond acceptors (Lipinski definition) is 6. The van der Waals surface area contributed by atoms with Crippen molar-refractivity contribution in [3.8, 4) is 0 Å². The predicted molar refractivity (Wildman–Crippen MR) is 74.1 cm³/mol. The second-order valence-electron chi connectivity index (χ2n) is 4.43. The maximum absolute atomic E-state index is 10.9. The third-order valence-corrected chi connectivity index (χ3v) is 2.55. The molecule has 0 aliphatic heterocycles. The lowest BCUT2D eigenvalue weighted by molar-refractivity contribution is -0.143. The average Bonchev–Trinajstić information content (AvgIpc) is 2.34. The van der Waals surface area contributed by atoms with Crippen molar-refractivity contribution >= 4 is 11.8 Å². The third kappa shape index (κ3) is 11.8. The molecule has 0 rings (SSSR count). The van der Waals surface area contributed by atoms with E-state index in [-0.39, 0.29) is 12.2 Å². The highest BCUT2D eigenvalue weighted by Gasteiger charge is 2.18. The number of Topliss-reactive ketones (excluding diaryl/α,β-unsaturated/α-hetero) is 1. The van der Waals surface area contributed by atoms with Crippen molar-refractivity contribution in [3.63, 3.8) is 0 Å². The number of ketones is 1. The zero-order chi connectivity index (χ0) is 14.5. The molecule has 0 aliphatic rings. The number of carbonyl (C=O) groups excluding carboxylic acids is 1. The van der Waals surface area contributed by atoms with Gasteiger partial charge in [-0.05, 0) is 6.92 Å². The topological polar surface area (TPSA) is 116 Å². The van der Waals surface area contributed by atoms with Crippen LogP contribution in [-0.4, -0.2) is 62.7 Å². The number of hydrogen-bond donors (Lipinski definition) is 5. The summed E-state index contributed by atoms with van der Waals surface area (Å²) in [7, 11) is 0. The van der Waals surface area contributed by atoms with Crippen LogP contribution < -0.4 is 21.7 Å². The van der Waals surface area contributed by atoms with Crippen molar-refractivity contribution in [1.29, 1.82) is 0 Å². The highest BCUT2D eigenvalue weighted by atomic mass is 16.4. The van der Waals surface area contributed by atoms with Crippen molar-refractivity contribution in [3.05, 3.63) is 0 Å². The molecule has 0 saturated heterocycles. The minimum absolute atomic E-state index is 0.0821. The molecular weight excluding hydrogens is 248 g/mol. The smallest absolute Gasteiger partial charge is 0.308 e. The van der Waals surface area contributed by atoms with Gasteiger partial charge in [0, 0.05) is 52.2 Å². The van der Waals surface area contributed by atoms with Gasteiger partial charge in [-0.3, -0.25) is 4.79 Å². The molecule has 0 bridgehead atoms. The predicted octanol–water partition coefficient (Wildman–Crippen LogP) is -1.61. The molecule has 0 saturated carbocycles. The Kier molecular flexibility index (Phi) is 11.4. The quantitative estimate of drug-likeness (QED) is 0.257. The van der Waals surface area contributed by atoms with E-state index in [0.717, 1.165) is 26.2 Å². The number of rotatable bonds is 13. The van der Waals surface area contributed by atoms with Crippen LogP contribution in [0.25, 0.3) is 0 Å². The summed E-state index contributed by atoms with van der Waals surface area (Å²) < 4.78 is 0. The van der Waals surface area contributed by atoms with Crippen LogP contribution in [0.1, 0.15) is 13.3 Å². The van der Waals surface area contributed by atoms with Crippen molar-refractivity contribution in [2.24, 2.45) is 11.7 Å². The van der Waals surface area contributed by atoms with E-state index in [4.69, 9.17) is 10.8 Å². The number of aliphatic carboxylic acids is 1. The van der Waals surface area contributed by atoms with Crippen LogP contribution in [-0.2, 0) is 9.59 Å². The first kappa shape index (κ1) is 18.0. The van der Waals surface area contributed by atoms with E-state index >= 15 is 0 Å². The van der Waals surface area contributed by atoms with Gasteiger partial charge < -0.3 is 31.6 Å². The molecule has 0 aromatic rings. The third-order valence-electron chi connectivity index (χ3n) is 2.55. The van der Waals surface area contributed by atoms with Crippen molar-refractivity contribution in [1.82, 2.24) is 16.0 Å². The summed E-state index contributed by atoms with van der Waals surface area (Å²) in [6.07, 6.45) is 0.0821. The summed E-state index contributed by atoms with van der Waals surface area (Å²) >= 11 is 0. The molecule has 1 atom stereocenters. The lowest BCUT2D eigenvalue weighted by Gasteiger charge is -2.12. The molecule has 112 valence electrons. The highest BCUT2D eigenvalue weighted by molar-refractivity contribution is 5.82. The van der Waals surface area contributed by atoms with Crippen LogP contribution in [0.4, 0.5) is 0 Å². The second-order valence-corrected chi connectivity index (χ2v) is 4.43. The van der Waals surface area contributed by atoms with Crippen LogP contribution in [0.15, 0.2) is 0 Å². The van der Waals surface area contributed by atoms with Gasteiger partial charge in [0.25, 0.3) is 0 Å². The molecule has 1 unspecified atom stereocenters. The summed E-state index contributed by atoms with van der Waals surface area (Å²) in [5.74, 6) is -1.66. The Morgan fingerprint density at radius 1 is 1.05 bits per heavy atom. The normalized spacial score (nSPS) is 12.3. The Hall–Kier alpha value is -1.02. The summed E-state index contributed by atoms with van der Waals surface area (Å²) in [4.78, 5) is 21.8. The van der Waals surface area contributed by atoms with Gasteiger partial charge in [-0.1, -0.05) is 0 Å². The molecule has 7 heteroatoms. The molecule has 0 aliphatic carbocycles. The lowest BCUT2D eigenvalue weighted by Crippen LogP contribution is -2.36. The molecule has 0 radical (unpaired) electrons. The maximum atomic E-state index is 10.9. The summed E-state index contributed by atoms with van der Waals surface area (Å²) in [5.41, 5.74) is 5.33. The molecule has 0 aromatic heterocycles. The molecule has 0 fully saturated rings. The van der Waals surface area contributed by atoms with Gasteiger partial charge in [-0.2, -0.15) is 0 Å². The summed E-state index contributed by atoms with van der Waals surface area (Å²) in [6, 6.07) is 0. The zero-order valence-corrected chi connectivity index (χ0v) is 11.6. The minimum atomic E-state index is -0.929. The maximum Gasteiger partial charge on any atom is 0.308 e. The van der Waals surface area contributed by atoms with Gasteiger partial charge in [-0.25, -0.2) is 0 Å². The largest absolute Gasteiger partial charge is 0.481 e. The van der Waals surface area contributed by atoms with E-state index in [0.29, 0.717) is 19.6 Å². The Balaban J connectivity index is 3.45. The lowest BCUT2D eigenvalue weighted by atomic mass is 10.0. The summed E-state index contributed by atoms with van der Waals surface area (Å²) in [6.45, 7) is 6.32. The van der Waals surface area contributed by atoms with Crippen LogP contribution in [0.2, 0.25) is 0 Å². The Morgan fingerprint density at radius 2 is 1.58 bits per heavy atom. The monoisotopic (exact) mass is 274 g/mol. The van der Waals surface area contributed by atoms with Crippen LogP contribution in [0, 0.1) is 5.92 Å². The van der Waals surface area contributed by atoms with Crippen molar-refractivity contribution < 1.29 is 14.7 Å². The number of carbonyl (C=O) groups is 2. The molecular formula is C12H26N4O3.